The van der Waals surface area contributed by atoms with Gasteiger partial charge in [0.05, 0.1) is 6.04 Å². The molecule has 0 aromatic heterocycles. The standard InChI is InChI=1S/C11H21N3O4/c1-18-11(15)10-6-9(12-13-10)7-2-4-8(5-3-7)14(16)17/h7-13,15H,2-6H2,1H3. The van der Waals surface area contributed by atoms with E-state index in [0.717, 1.165) is 19.3 Å². The molecule has 0 aromatic carbocycles. The van der Waals surface area contributed by atoms with Crippen molar-refractivity contribution in [2.24, 2.45) is 5.92 Å². The minimum absolute atomic E-state index is 0.103. The van der Waals surface area contributed by atoms with Crippen molar-refractivity contribution < 1.29 is 14.8 Å². The Morgan fingerprint density at radius 2 is 2.00 bits per heavy atom. The molecule has 1 saturated heterocycles. The van der Waals surface area contributed by atoms with E-state index in [1.54, 1.807) is 0 Å². The van der Waals surface area contributed by atoms with Gasteiger partial charge in [-0.3, -0.25) is 15.5 Å². The van der Waals surface area contributed by atoms with E-state index < -0.39 is 6.29 Å². The van der Waals surface area contributed by atoms with Crippen molar-refractivity contribution in [3.05, 3.63) is 10.1 Å². The van der Waals surface area contributed by atoms with E-state index in [4.69, 9.17) is 4.74 Å². The Labute approximate surface area is 106 Å². The summed E-state index contributed by atoms with van der Waals surface area (Å²) in [6.45, 7) is 0. The van der Waals surface area contributed by atoms with Gasteiger partial charge in [-0.2, -0.15) is 0 Å². The summed E-state index contributed by atoms with van der Waals surface area (Å²) in [7, 11) is 1.47. The molecule has 0 aromatic rings. The van der Waals surface area contributed by atoms with Gasteiger partial charge in [-0.05, 0) is 25.2 Å². The largest absolute Gasteiger partial charge is 0.367 e. The highest BCUT2D eigenvalue weighted by atomic mass is 16.6. The summed E-state index contributed by atoms with van der Waals surface area (Å²) in [5.41, 5.74) is 6.21. The summed E-state index contributed by atoms with van der Waals surface area (Å²) in [4.78, 5) is 10.5. The summed E-state index contributed by atoms with van der Waals surface area (Å²) in [5.74, 6) is 0.447. The van der Waals surface area contributed by atoms with Crippen LogP contribution in [0.5, 0.6) is 0 Å². The van der Waals surface area contributed by atoms with Crippen LogP contribution in [0.3, 0.4) is 0 Å². The fraction of sp³-hybridized carbons (Fsp3) is 1.00. The van der Waals surface area contributed by atoms with E-state index >= 15 is 0 Å². The molecule has 0 bridgehead atoms. The van der Waals surface area contributed by atoms with Gasteiger partial charge in [0.1, 0.15) is 0 Å². The zero-order chi connectivity index (χ0) is 13.1. The lowest BCUT2D eigenvalue weighted by Crippen LogP contribution is -2.42. The predicted octanol–water partition coefficient (Wildman–Crippen LogP) is 0.0218. The second kappa shape index (κ2) is 5.92. The van der Waals surface area contributed by atoms with Crippen molar-refractivity contribution in [3.63, 3.8) is 0 Å². The van der Waals surface area contributed by atoms with Gasteiger partial charge in [0.15, 0.2) is 6.29 Å². The number of hydrazine groups is 1. The molecule has 7 heteroatoms. The Kier molecular flexibility index (Phi) is 4.50. The molecule has 2 fully saturated rings. The Morgan fingerprint density at radius 1 is 1.33 bits per heavy atom. The van der Waals surface area contributed by atoms with E-state index in [2.05, 4.69) is 10.9 Å². The lowest BCUT2D eigenvalue weighted by Gasteiger charge is -2.28. The van der Waals surface area contributed by atoms with E-state index in [1.165, 1.54) is 7.11 Å². The Hall–Kier alpha value is -0.760. The van der Waals surface area contributed by atoms with Crippen LogP contribution in [0, 0.1) is 16.0 Å². The minimum Gasteiger partial charge on any atom is -0.367 e. The number of nitrogens with one attached hydrogen (secondary N) is 2. The zero-order valence-corrected chi connectivity index (χ0v) is 10.5. The maximum Gasteiger partial charge on any atom is 0.213 e. The van der Waals surface area contributed by atoms with Crippen LogP contribution in [0.2, 0.25) is 0 Å². The zero-order valence-electron chi connectivity index (χ0n) is 10.5. The summed E-state index contributed by atoms with van der Waals surface area (Å²) >= 11 is 0. The van der Waals surface area contributed by atoms with Crippen LogP contribution < -0.4 is 10.9 Å². The molecule has 104 valence electrons. The van der Waals surface area contributed by atoms with Gasteiger partial charge in [0.2, 0.25) is 6.04 Å². The van der Waals surface area contributed by atoms with Crippen molar-refractivity contribution in [3.8, 4) is 0 Å². The predicted molar refractivity (Wildman–Crippen MR) is 64.2 cm³/mol. The third-order valence-corrected chi connectivity index (χ3v) is 4.16. The molecule has 1 saturated carbocycles. The number of ether oxygens (including phenoxy) is 1. The van der Waals surface area contributed by atoms with Gasteiger partial charge in [-0.1, -0.05) is 0 Å². The van der Waals surface area contributed by atoms with E-state index in [9.17, 15) is 15.2 Å². The molecule has 2 rings (SSSR count). The molecular formula is C11H21N3O4. The maximum atomic E-state index is 10.7. The van der Waals surface area contributed by atoms with Gasteiger partial charge in [-0.25, -0.2) is 5.43 Å². The van der Waals surface area contributed by atoms with Crippen LogP contribution in [0.25, 0.3) is 0 Å². The lowest BCUT2D eigenvalue weighted by atomic mass is 9.80. The molecule has 0 radical (unpaired) electrons. The first-order chi connectivity index (χ1) is 8.61. The lowest BCUT2D eigenvalue weighted by molar-refractivity contribution is -0.527. The normalized spacial score (nSPS) is 38.6. The molecule has 1 heterocycles. The highest BCUT2D eigenvalue weighted by Crippen LogP contribution is 2.31. The molecule has 1 aliphatic heterocycles. The molecule has 3 unspecified atom stereocenters. The number of rotatable bonds is 4. The topological polar surface area (TPSA) is 96.7 Å². The minimum atomic E-state index is -0.808. The van der Waals surface area contributed by atoms with Crippen LogP contribution in [0.4, 0.5) is 0 Å². The van der Waals surface area contributed by atoms with Gasteiger partial charge in [0.25, 0.3) is 0 Å². The monoisotopic (exact) mass is 259 g/mol. The van der Waals surface area contributed by atoms with Crippen molar-refractivity contribution >= 4 is 0 Å². The first-order valence-corrected chi connectivity index (χ1v) is 6.47. The summed E-state index contributed by atoms with van der Waals surface area (Å²) in [5, 5.41) is 20.3. The maximum absolute atomic E-state index is 10.7. The van der Waals surface area contributed by atoms with Gasteiger partial charge in [0, 0.05) is 30.9 Å². The van der Waals surface area contributed by atoms with Gasteiger partial charge < -0.3 is 9.84 Å². The summed E-state index contributed by atoms with van der Waals surface area (Å²) in [6.07, 6.45) is 3.06. The fourth-order valence-corrected chi connectivity index (χ4v) is 2.98. The van der Waals surface area contributed by atoms with Crippen LogP contribution >= 0.6 is 0 Å². The second-order valence-electron chi connectivity index (χ2n) is 5.22. The van der Waals surface area contributed by atoms with Crippen LogP contribution in [0.15, 0.2) is 0 Å². The highest BCUT2D eigenvalue weighted by Gasteiger charge is 2.37. The SMILES string of the molecule is COC(O)C1CC(C2CCC([N+](=O)[O-])CC2)NN1. The summed E-state index contributed by atoms with van der Waals surface area (Å²) < 4.78 is 4.88. The van der Waals surface area contributed by atoms with E-state index in [-0.39, 0.29) is 23.0 Å². The molecule has 2 aliphatic rings. The highest BCUT2D eigenvalue weighted by molar-refractivity contribution is 4.89. The number of nitro groups is 1. The van der Waals surface area contributed by atoms with Gasteiger partial charge in [-0.15, -0.1) is 0 Å². The molecule has 1 aliphatic carbocycles. The quantitative estimate of drug-likeness (QED) is 0.374. The van der Waals surface area contributed by atoms with Gasteiger partial charge >= 0.3 is 0 Å². The second-order valence-corrected chi connectivity index (χ2v) is 5.22. The number of aliphatic hydroxyl groups excluding tert-OH is 1. The fourth-order valence-electron chi connectivity index (χ4n) is 2.98. The molecule has 3 N–H and O–H groups in total. The third kappa shape index (κ3) is 2.97. The molecular weight excluding hydrogens is 238 g/mol. The average Bonchev–Trinajstić information content (AvgIpc) is 2.87. The smallest absolute Gasteiger partial charge is 0.213 e. The first-order valence-electron chi connectivity index (χ1n) is 6.47. The first kappa shape index (κ1) is 13.7. The number of hydrogen-bond acceptors (Lipinski definition) is 6. The van der Waals surface area contributed by atoms with Crippen LogP contribution in [0.1, 0.15) is 32.1 Å². The molecule has 0 spiro atoms. The Morgan fingerprint density at radius 3 is 2.56 bits per heavy atom. The molecule has 3 atom stereocenters. The summed E-state index contributed by atoms with van der Waals surface area (Å²) in [6, 6.07) is -0.197. The van der Waals surface area contributed by atoms with Crippen molar-refractivity contribution in [1.29, 1.82) is 0 Å². The van der Waals surface area contributed by atoms with Crippen molar-refractivity contribution in [1.82, 2.24) is 10.9 Å². The molecule has 7 nitrogen and oxygen atoms in total. The number of methoxy groups -OCH3 is 1. The average molecular weight is 259 g/mol. The van der Waals surface area contributed by atoms with Crippen LogP contribution in [-0.4, -0.2) is 41.6 Å². The number of aliphatic hydroxyl groups is 1. The van der Waals surface area contributed by atoms with E-state index in [1.807, 2.05) is 0 Å². The van der Waals surface area contributed by atoms with Crippen molar-refractivity contribution in [2.45, 2.75) is 56.5 Å². The number of nitrogens with zero attached hydrogens (tertiary/aromatic N) is 1. The van der Waals surface area contributed by atoms with Crippen molar-refractivity contribution in [2.75, 3.05) is 7.11 Å². The van der Waals surface area contributed by atoms with Crippen LogP contribution in [-0.2, 0) is 4.74 Å². The molecule has 18 heavy (non-hydrogen) atoms. The Balaban J connectivity index is 1.79. The molecule has 0 amide bonds. The Bertz CT molecular complexity index is 294. The number of hydrogen-bond donors (Lipinski definition) is 3. The third-order valence-electron chi connectivity index (χ3n) is 4.16. The van der Waals surface area contributed by atoms with E-state index in [0.29, 0.717) is 18.8 Å².